The van der Waals surface area contributed by atoms with Crippen molar-refractivity contribution in [3.63, 3.8) is 0 Å². The normalized spacial score (nSPS) is 10.6. The zero-order valence-corrected chi connectivity index (χ0v) is 12.0. The fourth-order valence-corrected chi connectivity index (χ4v) is 1.76. The minimum atomic E-state index is -2.96. The first-order valence-corrected chi connectivity index (χ1v) is 6.59. The van der Waals surface area contributed by atoms with Gasteiger partial charge in [-0.05, 0) is 36.4 Å². The summed E-state index contributed by atoms with van der Waals surface area (Å²) >= 11 is 0. The van der Waals surface area contributed by atoms with Crippen LogP contribution in [0.1, 0.15) is 0 Å². The van der Waals surface area contributed by atoms with E-state index in [1.54, 1.807) is 0 Å². The molecule has 0 aliphatic rings. The van der Waals surface area contributed by atoms with Crippen LogP contribution in [-0.4, -0.2) is 19.1 Å². The highest BCUT2D eigenvalue weighted by molar-refractivity contribution is 5.93. The molecule has 1 amide bonds. The monoisotopic (exact) mass is 346 g/mol. The number of anilines is 2. The van der Waals surface area contributed by atoms with Crippen molar-refractivity contribution in [2.75, 3.05) is 17.2 Å². The van der Waals surface area contributed by atoms with Gasteiger partial charge in [0.15, 0.2) is 17.5 Å². The van der Waals surface area contributed by atoms with Crippen LogP contribution in [0.2, 0.25) is 0 Å². The Labute approximate surface area is 133 Å². The molecule has 24 heavy (non-hydrogen) atoms. The molecule has 0 radical (unpaired) electrons. The molecule has 0 heterocycles. The maximum absolute atomic E-state index is 13.4. The predicted octanol–water partition coefficient (Wildman–Crippen LogP) is 3.76. The van der Waals surface area contributed by atoms with Gasteiger partial charge in [-0.25, -0.2) is 13.2 Å². The van der Waals surface area contributed by atoms with Crippen molar-refractivity contribution in [1.82, 2.24) is 0 Å². The predicted molar refractivity (Wildman–Crippen MR) is 76.5 cm³/mol. The number of alkyl halides is 2. The number of hydrogen-bond acceptors (Lipinski definition) is 3. The van der Waals surface area contributed by atoms with E-state index in [0.717, 1.165) is 12.1 Å². The second-order valence-electron chi connectivity index (χ2n) is 4.53. The molecule has 0 atom stereocenters. The Morgan fingerprint density at radius 2 is 1.67 bits per heavy atom. The maximum Gasteiger partial charge on any atom is 0.387 e. The molecule has 0 aliphatic carbocycles. The van der Waals surface area contributed by atoms with E-state index >= 15 is 0 Å². The van der Waals surface area contributed by atoms with Gasteiger partial charge < -0.3 is 15.4 Å². The molecule has 0 aromatic heterocycles. The topological polar surface area (TPSA) is 50.4 Å². The van der Waals surface area contributed by atoms with Crippen molar-refractivity contribution >= 4 is 17.3 Å². The van der Waals surface area contributed by atoms with Gasteiger partial charge in [-0.3, -0.25) is 4.79 Å². The van der Waals surface area contributed by atoms with Crippen molar-refractivity contribution in [3.8, 4) is 5.75 Å². The molecule has 2 N–H and O–H groups in total. The van der Waals surface area contributed by atoms with Crippen LogP contribution in [0.3, 0.4) is 0 Å². The summed E-state index contributed by atoms with van der Waals surface area (Å²) in [6.07, 6.45) is 0. The smallest absolute Gasteiger partial charge is 0.387 e. The first-order chi connectivity index (χ1) is 11.4. The highest BCUT2D eigenvalue weighted by Gasteiger charge is 2.14. The van der Waals surface area contributed by atoms with Gasteiger partial charge in [-0.2, -0.15) is 8.78 Å². The largest absolute Gasteiger partial charge is 0.435 e. The number of ether oxygens (including phenoxy) is 1. The van der Waals surface area contributed by atoms with Gasteiger partial charge >= 0.3 is 6.61 Å². The van der Waals surface area contributed by atoms with E-state index in [2.05, 4.69) is 15.4 Å². The Bertz CT molecular complexity index is 723. The molecule has 0 fully saturated rings. The number of amides is 1. The minimum Gasteiger partial charge on any atom is -0.435 e. The molecule has 0 aliphatic heterocycles. The molecule has 0 bridgehead atoms. The number of carbonyl (C=O) groups is 1. The first-order valence-electron chi connectivity index (χ1n) is 6.59. The Hall–Kier alpha value is -2.84. The fraction of sp³-hybridized carbons (Fsp3) is 0.133. The number of carbonyl (C=O) groups excluding carboxylic acids is 1. The molecule has 9 heteroatoms. The van der Waals surface area contributed by atoms with Crippen LogP contribution < -0.4 is 15.4 Å². The van der Waals surface area contributed by atoms with E-state index in [9.17, 15) is 26.7 Å². The quantitative estimate of drug-likeness (QED) is 0.619. The summed E-state index contributed by atoms with van der Waals surface area (Å²) in [5.41, 5.74) is -0.0843. The maximum atomic E-state index is 13.4. The molecular weight excluding hydrogens is 335 g/mol. The average Bonchev–Trinajstić information content (AvgIpc) is 2.53. The summed E-state index contributed by atoms with van der Waals surface area (Å²) in [6.45, 7) is -3.38. The Kier molecular flexibility index (Phi) is 5.56. The van der Waals surface area contributed by atoms with Crippen LogP contribution in [0.15, 0.2) is 36.4 Å². The SMILES string of the molecule is O=C(CNc1ccc(F)c(F)c1F)Nc1ccc(OC(F)F)cc1. The Balaban J connectivity index is 1.91. The van der Waals surface area contributed by atoms with Crippen LogP contribution in [0, 0.1) is 17.5 Å². The standard InChI is InChI=1S/C15H11F5N2O2/c16-10-5-6-11(14(18)13(10)17)21-7-12(23)22-8-1-3-9(4-2-8)24-15(19)20/h1-6,15,21H,7H2,(H,22,23). The fourth-order valence-electron chi connectivity index (χ4n) is 1.76. The third-order valence-electron chi connectivity index (χ3n) is 2.84. The lowest BCUT2D eigenvalue weighted by Crippen LogP contribution is -2.22. The molecular formula is C15H11F5N2O2. The number of nitrogens with one attached hydrogen (secondary N) is 2. The van der Waals surface area contributed by atoms with Crippen molar-refractivity contribution in [3.05, 3.63) is 53.8 Å². The third-order valence-corrected chi connectivity index (χ3v) is 2.84. The van der Waals surface area contributed by atoms with Crippen molar-refractivity contribution in [1.29, 1.82) is 0 Å². The van der Waals surface area contributed by atoms with E-state index in [-0.39, 0.29) is 17.1 Å². The summed E-state index contributed by atoms with van der Waals surface area (Å²) in [5.74, 6) is -5.11. The molecule has 0 spiro atoms. The summed E-state index contributed by atoms with van der Waals surface area (Å²) in [4.78, 5) is 11.7. The number of rotatable bonds is 6. The van der Waals surface area contributed by atoms with Gasteiger partial charge in [0, 0.05) is 5.69 Å². The number of halogens is 5. The van der Waals surface area contributed by atoms with Crippen molar-refractivity contribution in [2.24, 2.45) is 0 Å². The van der Waals surface area contributed by atoms with E-state index in [1.165, 1.54) is 24.3 Å². The average molecular weight is 346 g/mol. The van der Waals surface area contributed by atoms with Gasteiger partial charge in [0.05, 0.1) is 12.2 Å². The summed E-state index contributed by atoms with van der Waals surface area (Å²) in [6, 6.07) is 6.79. The van der Waals surface area contributed by atoms with Crippen LogP contribution in [0.5, 0.6) is 5.75 Å². The molecule has 2 aromatic carbocycles. The van der Waals surface area contributed by atoms with E-state index in [1.807, 2.05) is 0 Å². The number of hydrogen-bond donors (Lipinski definition) is 2. The summed E-state index contributed by atoms with van der Waals surface area (Å²) < 4.78 is 67.4. The van der Waals surface area contributed by atoms with Crippen molar-refractivity contribution in [2.45, 2.75) is 6.61 Å². The van der Waals surface area contributed by atoms with Gasteiger partial charge in [0.1, 0.15) is 5.75 Å². The van der Waals surface area contributed by atoms with Crippen molar-refractivity contribution < 1.29 is 31.5 Å². The summed E-state index contributed by atoms with van der Waals surface area (Å²) in [7, 11) is 0. The van der Waals surface area contributed by atoms with E-state index < -0.39 is 36.5 Å². The molecule has 2 rings (SSSR count). The number of benzene rings is 2. The van der Waals surface area contributed by atoms with E-state index in [4.69, 9.17) is 0 Å². The Morgan fingerprint density at radius 1 is 1.00 bits per heavy atom. The molecule has 0 unspecified atom stereocenters. The lowest BCUT2D eigenvalue weighted by atomic mass is 10.2. The van der Waals surface area contributed by atoms with Crippen LogP contribution >= 0.6 is 0 Å². The highest BCUT2D eigenvalue weighted by atomic mass is 19.3. The van der Waals surface area contributed by atoms with Gasteiger partial charge in [0.2, 0.25) is 5.91 Å². The first kappa shape index (κ1) is 17.5. The van der Waals surface area contributed by atoms with Crippen LogP contribution in [0.4, 0.5) is 33.3 Å². The van der Waals surface area contributed by atoms with Gasteiger partial charge in [-0.15, -0.1) is 0 Å². The van der Waals surface area contributed by atoms with Gasteiger partial charge in [-0.1, -0.05) is 0 Å². The second kappa shape index (κ2) is 7.62. The zero-order chi connectivity index (χ0) is 17.7. The lowest BCUT2D eigenvalue weighted by Gasteiger charge is -2.10. The second-order valence-corrected chi connectivity index (χ2v) is 4.53. The highest BCUT2D eigenvalue weighted by Crippen LogP contribution is 2.20. The Morgan fingerprint density at radius 3 is 2.29 bits per heavy atom. The molecule has 128 valence electrons. The molecule has 2 aromatic rings. The zero-order valence-electron chi connectivity index (χ0n) is 12.0. The van der Waals surface area contributed by atoms with E-state index in [0.29, 0.717) is 0 Å². The van der Waals surface area contributed by atoms with Crippen LogP contribution in [0.25, 0.3) is 0 Å². The van der Waals surface area contributed by atoms with Gasteiger partial charge in [0.25, 0.3) is 0 Å². The van der Waals surface area contributed by atoms with Crippen LogP contribution in [-0.2, 0) is 4.79 Å². The minimum absolute atomic E-state index is 0.0787. The summed E-state index contributed by atoms with van der Waals surface area (Å²) in [5, 5.41) is 4.72. The molecule has 0 saturated heterocycles. The third kappa shape index (κ3) is 4.58. The lowest BCUT2D eigenvalue weighted by molar-refractivity contribution is -0.114. The molecule has 0 saturated carbocycles. The molecule has 4 nitrogen and oxygen atoms in total.